The van der Waals surface area contributed by atoms with Crippen LogP contribution in [0.4, 0.5) is 13.2 Å². The highest BCUT2D eigenvalue weighted by molar-refractivity contribution is 7.79. The van der Waals surface area contributed by atoms with Gasteiger partial charge in [-0.15, -0.1) is 11.3 Å². The number of nitrogens with zero attached hydrogens (tertiary/aromatic N) is 3. The number of carboxylic acids is 1. The molecule has 0 amide bonds. The lowest BCUT2D eigenvalue weighted by molar-refractivity contribution is -0.162. The van der Waals surface area contributed by atoms with Crippen molar-refractivity contribution in [2.24, 2.45) is 0 Å². The fourth-order valence-electron chi connectivity index (χ4n) is 5.12. The molecule has 2 aromatic heterocycles. The third-order valence-electron chi connectivity index (χ3n) is 7.37. The van der Waals surface area contributed by atoms with Gasteiger partial charge in [-0.3, -0.25) is 0 Å². The minimum absolute atomic E-state index is 0.0238. The maximum Gasteiger partial charge on any atom is 0.399 e. The molecule has 1 atom stereocenters. The molecule has 0 spiro atoms. The highest BCUT2D eigenvalue weighted by Gasteiger charge is 2.67. The van der Waals surface area contributed by atoms with Crippen molar-refractivity contribution in [1.29, 1.82) is 0 Å². The molecule has 7 nitrogen and oxygen atoms in total. The summed E-state index contributed by atoms with van der Waals surface area (Å²) in [5, 5.41) is 15.4. The lowest BCUT2D eigenvalue weighted by atomic mass is 9.90. The van der Waals surface area contributed by atoms with E-state index in [1.54, 1.807) is 18.2 Å². The normalized spacial score (nSPS) is 15.0. The summed E-state index contributed by atoms with van der Waals surface area (Å²) in [5.41, 5.74) is 1.11. The molecular formula is C30H22F3N3O4S2. The van der Waals surface area contributed by atoms with E-state index in [0.717, 1.165) is 27.1 Å². The Hall–Kier alpha value is -4.13. The van der Waals surface area contributed by atoms with Crippen molar-refractivity contribution in [2.45, 2.75) is 35.7 Å². The first-order valence-electron chi connectivity index (χ1n) is 12.8. The van der Waals surface area contributed by atoms with E-state index >= 15 is 0 Å². The van der Waals surface area contributed by atoms with Gasteiger partial charge in [-0.05, 0) is 47.7 Å². The molecule has 0 aliphatic heterocycles. The Morgan fingerprint density at radius 3 is 2.24 bits per heavy atom. The third-order valence-corrected chi connectivity index (χ3v) is 8.86. The molecule has 5 aromatic rings. The highest BCUT2D eigenvalue weighted by atomic mass is 32.2. The molecule has 214 valence electrons. The van der Waals surface area contributed by atoms with E-state index in [9.17, 15) is 31.8 Å². The molecule has 0 radical (unpaired) electrons. The molecule has 6 rings (SSSR count). The van der Waals surface area contributed by atoms with Crippen LogP contribution in [0.25, 0.3) is 27.5 Å². The first-order valence-corrected chi connectivity index (χ1v) is 14.8. The number of carboxylic acid groups (broad SMARTS) is 1. The minimum Gasteiger partial charge on any atom is -0.476 e. The van der Waals surface area contributed by atoms with Crippen LogP contribution in [0.1, 0.15) is 40.2 Å². The van der Waals surface area contributed by atoms with Crippen molar-refractivity contribution in [1.82, 2.24) is 14.8 Å². The van der Waals surface area contributed by atoms with Gasteiger partial charge in [0.1, 0.15) is 5.41 Å². The van der Waals surface area contributed by atoms with Gasteiger partial charge in [-0.2, -0.15) is 18.3 Å². The summed E-state index contributed by atoms with van der Waals surface area (Å²) >= 11 is -1.29. The van der Waals surface area contributed by atoms with Gasteiger partial charge >= 0.3 is 12.1 Å². The number of carbonyl (C=O) groups is 1. The summed E-state index contributed by atoms with van der Waals surface area (Å²) in [7, 11) is 0. The summed E-state index contributed by atoms with van der Waals surface area (Å²) in [5.74, 6) is -1.29. The molecule has 1 saturated carbocycles. The molecule has 42 heavy (non-hydrogen) atoms. The second-order valence-corrected chi connectivity index (χ2v) is 11.8. The largest absolute Gasteiger partial charge is 0.476 e. The predicted octanol–water partition coefficient (Wildman–Crippen LogP) is 7.13. The standard InChI is InChI=1S/C30H22F3N3O4S2/c31-30(32,33)29(13-14-29)26-23(15-18-9-11-22(12-10-18)42(39)40)25(35-36(26)28-34-24(17-41-28)27(37)38)21-8-4-7-20(16-21)19-5-2-1-3-6-19/h1-12,16-17H,13-15H2,(H,37,38)(H,39,40). The van der Waals surface area contributed by atoms with Crippen LogP contribution in [0.5, 0.6) is 0 Å². The maximum atomic E-state index is 14.8. The second-order valence-electron chi connectivity index (χ2n) is 10.0. The van der Waals surface area contributed by atoms with Gasteiger partial charge in [0.25, 0.3) is 0 Å². The Morgan fingerprint density at radius 2 is 1.64 bits per heavy atom. The van der Waals surface area contributed by atoms with E-state index in [1.165, 1.54) is 17.5 Å². The fourth-order valence-corrected chi connectivity index (χ4v) is 6.25. The number of alkyl halides is 3. The van der Waals surface area contributed by atoms with Crippen LogP contribution in [-0.4, -0.2) is 40.8 Å². The molecule has 1 fully saturated rings. The topological polar surface area (TPSA) is 105 Å². The van der Waals surface area contributed by atoms with Crippen molar-refractivity contribution < 1.29 is 31.8 Å². The monoisotopic (exact) mass is 609 g/mol. The van der Waals surface area contributed by atoms with Gasteiger partial charge in [-0.25, -0.2) is 18.7 Å². The summed E-state index contributed by atoms with van der Waals surface area (Å²) in [6, 6.07) is 23.0. The van der Waals surface area contributed by atoms with E-state index in [4.69, 9.17) is 5.10 Å². The zero-order valence-electron chi connectivity index (χ0n) is 21.7. The zero-order valence-corrected chi connectivity index (χ0v) is 23.3. The van der Waals surface area contributed by atoms with Crippen molar-refractivity contribution in [3.8, 4) is 27.5 Å². The second kappa shape index (κ2) is 10.6. The van der Waals surface area contributed by atoms with Gasteiger partial charge in [0.2, 0.25) is 5.13 Å². The number of aromatic carboxylic acids is 1. The molecule has 1 unspecified atom stereocenters. The molecule has 12 heteroatoms. The highest BCUT2D eigenvalue weighted by Crippen LogP contribution is 2.61. The van der Waals surface area contributed by atoms with Crippen LogP contribution in [-0.2, 0) is 22.9 Å². The first-order chi connectivity index (χ1) is 20.1. The quantitative estimate of drug-likeness (QED) is 0.182. The third kappa shape index (κ3) is 5.06. The van der Waals surface area contributed by atoms with Crippen LogP contribution < -0.4 is 0 Å². The lowest BCUT2D eigenvalue weighted by Crippen LogP contribution is -2.32. The van der Waals surface area contributed by atoms with Crippen LogP contribution in [0, 0.1) is 0 Å². The minimum atomic E-state index is -4.59. The van der Waals surface area contributed by atoms with Crippen molar-refractivity contribution >= 4 is 28.4 Å². The van der Waals surface area contributed by atoms with E-state index in [0.29, 0.717) is 22.4 Å². The van der Waals surface area contributed by atoms with Gasteiger partial charge in [0.15, 0.2) is 16.8 Å². The van der Waals surface area contributed by atoms with E-state index in [-0.39, 0.29) is 40.7 Å². The molecular weight excluding hydrogens is 587 g/mol. The first kappa shape index (κ1) is 28.0. The fraction of sp³-hybridized carbons (Fsp3) is 0.167. The SMILES string of the molecule is O=C(O)c1csc(-n2nc(-c3cccc(-c4ccccc4)c3)c(Cc3ccc(S(=O)O)cc3)c2C2(C(F)(F)F)CC2)n1. The number of rotatable bonds is 8. The Morgan fingerprint density at radius 1 is 0.976 bits per heavy atom. The molecule has 0 bridgehead atoms. The van der Waals surface area contributed by atoms with Crippen LogP contribution >= 0.6 is 11.3 Å². The average Bonchev–Trinajstić information content (AvgIpc) is 3.49. The van der Waals surface area contributed by atoms with E-state index in [1.807, 2.05) is 48.5 Å². The summed E-state index contributed by atoms with van der Waals surface area (Å²) in [6.07, 6.45) is -4.82. The number of thiazole rings is 1. The van der Waals surface area contributed by atoms with Crippen molar-refractivity contribution in [2.75, 3.05) is 0 Å². The van der Waals surface area contributed by atoms with E-state index in [2.05, 4.69) is 4.98 Å². The predicted molar refractivity (Wildman–Crippen MR) is 152 cm³/mol. The Bertz CT molecular complexity index is 1810. The molecule has 1 aliphatic carbocycles. The molecule has 0 saturated heterocycles. The maximum absolute atomic E-state index is 14.8. The number of halogens is 3. The van der Waals surface area contributed by atoms with Crippen LogP contribution in [0.15, 0.2) is 89.1 Å². The number of aromatic nitrogens is 3. The van der Waals surface area contributed by atoms with Gasteiger partial charge in [0.05, 0.1) is 16.3 Å². The van der Waals surface area contributed by atoms with Gasteiger partial charge in [-0.1, -0.05) is 60.7 Å². The van der Waals surface area contributed by atoms with Crippen LogP contribution in [0.2, 0.25) is 0 Å². The lowest BCUT2D eigenvalue weighted by Gasteiger charge is -2.22. The van der Waals surface area contributed by atoms with Crippen molar-refractivity contribution in [3.05, 3.63) is 107 Å². The molecule has 2 N–H and O–H groups in total. The average molecular weight is 610 g/mol. The number of hydrogen-bond acceptors (Lipinski definition) is 5. The summed E-state index contributed by atoms with van der Waals surface area (Å²) < 4.78 is 66.3. The smallest absolute Gasteiger partial charge is 0.399 e. The molecule has 1 aliphatic rings. The van der Waals surface area contributed by atoms with E-state index < -0.39 is 28.6 Å². The van der Waals surface area contributed by atoms with Crippen LogP contribution in [0.3, 0.4) is 0 Å². The Labute approximate surface area is 244 Å². The Kier molecular flexibility index (Phi) is 7.08. The summed E-state index contributed by atoms with van der Waals surface area (Å²) in [4.78, 5) is 15.9. The molecule has 2 heterocycles. The number of hydrogen-bond donors (Lipinski definition) is 2. The van der Waals surface area contributed by atoms with Gasteiger partial charge in [0, 0.05) is 22.9 Å². The molecule has 3 aromatic carbocycles. The van der Waals surface area contributed by atoms with Crippen molar-refractivity contribution in [3.63, 3.8) is 0 Å². The zero-order chi connectivity index (χ0) is 29.6. The van der Waals surface area contributed by atoms with Gasteiger partial charge < -0.3 is 9.66 Å². The number of benzene rings is 3. The summed E-state index contributed by atoms with van der Waals surface area (Å²) in [6.45, 7) is 0. The Balaban J connectivity index is 1.60.